The summed E-state index contributed by atoms with van der Waals surface area (Å²) in [6, 6.07) is -5.18. The number of benzene rings is 1. The highest BCUT2D eigenvalue weighted by Gasteiger charge is 2.56. The third-order valence-corrected chi connectivity index (χ3v) is 21.9. The molecule has 1 heterocycles. The standard InChI is InChI=1S/C63H99FN12O25Si/c1-62(2,3)102(64,63(4,5)6)39-14-12-38(13-15-39)54(89)67-34-44(69-49(80)20-18-45(60(99)100)76-32-30-74(36-52(85)86)28-26-73(35-51(83)84)27-29-75(31-33-76)37-53(87)88)55(90)70-41(57(93)94)10-7-8-24-65-46(77)21-22-47(78)66-25-9-11-40(56(91)92)68-48(79)19-16-42(58(95)96)71-61(101)72-43(59(97)98)17-23-50(81)82/h12-15,40-45H,7-11,16-37H2,1-6H3,(H,65,77)(H,66,78)(H,67,89)(H,68,79)(H,69,80)(H,70,90)(H,81,82)(H,83,84)(H,85,86)(H,87,88)(H,91,92)(H,93,94)(H,95,96)(H,97,98)(H,99,100)(H2,71,72,101)/t40-,41-,42+,43+,44-,45+/m1/s1/i64-1. The molecule has 1 fully saturated rings. The van der Waals surface area contributed by atoms with Crippen LogP contribution in [0.4, 0.5) is 8.90 Å². The van der Waals surface area contributed by atoms with E-state index in [1.54, 1.807) is 41.5 Å². The lowest BCUT2D eigenvalue weighted by molar-refractivity contribution is -0.145. The van der Waals surface area contributed by atoms with E-state index in [9.17, 15) is 118 Å². The second-order valence-electron chi connectivity index (χ2n) is 26.6. The van der Waals surface area contributed by atoms with Gasteiger partial charge >= 0.3 is 59.8 Å². The topological polar surface area (TPSA) is 564 Å². The number of nitrogens with zero attached hydrogens (tertiary/aromatic N) is 4. The van der Waals surface area contributed by atoms with E-state index in [0.29, 0.717) is 5.19 Å². The molecule has 1 aromatic carbocycles. The first-order valence-corrected chi connectivity index (χ1v) is 34.9. The number of carboxylic acids is 9. The molecule has 0 saturated carbocycles. The summed E-state index contributed by atoms with van der Waals surface area (Å²) in [6.07, 6.45) is -4.25. The molecule has 572 valence electrons. The Balaban J connectivity index is 2.15. The van der Waals surface area contributed by atoms with Gasteiger partial charge in [-0.3, -0.25) is 72.3 Å². The zero-order valence-electron chi connectivity index (χ0n) is 58.1. The molecule has 1 aliphatic heterocycles. The van der Waals surface area contributed by atoms with E-state index in [4.69, 9.17) is 5.11 Å². The molecule has 1 saturated heterocycles. The Morgan fingerprint density at radius 2 is 0.794 bits per heavy atom. The first-order chi connectivity index (χ1) is 47.5. The molecule has 0 radical (unpaired) electrons. The van der Waals surface area contributed by atoms with Crippen molar-refractivity contribution in [1.29, 1.82) is 0 Å². The highest BCUT2D eigenvalue weighted by Crippen LogP contribution is 2.51. The predicted octanol–water partition coefficient (Wildman–Crippen LogP) is -1.72. The van der Waals surface area contributed by atoms with Crippen molar-refractivity contribution < 1.29 is 127 Å². The van der Waals surface area contributed by atoms with E-state index in [0.717, 1.165) is 0 Å². The third kappa shape index (κ3) is 32.9. The van der Waals surface area contributed by atoms with E-state index >= 15 is 4.11 Å². The normalized spacial score (nSPS) is 15.6. The fraction of sp³-hybridized carbons (Fsp3) is 0.651. The van der Waals surface area contributed by atoms with E-state index in [1.165, 1.54) is 43.9 Å². The number of hydrogen-bond acceptors (Lipinski definition) is 20. The fourth-order valence-electron chi connectivity index (χ4n) is 11.4. The van der Waals surface area contributed by atoms with Gasteiger partial charge in [-0.25, -0.2) is 24.0 Å². The van der Waals surface area contributed by atoms with Crippen LogP contribution < -0.4 is 47.7 Å². The molecule has 37 nitrogen and oxygen atoms in total. The SMILES string of the molecule is CC(C)(C)[Si]([18F])(c1ccc(C(=O)NC[C@@H](NC(=O)CC[C@@H](C(=O)O)N2CCN(CC(=O)O)CCN(CC(=O)O)CCN(CC(=O)O)CC2)C(=O)N[C@H](CCCCNC(=O)CCC(=O)NCCC[C@@H](NC(=O)CC[C@H](NC(=O)N[C@@H](CCC(=O)O)C(=O)O)C(=O)O)C(=O)O)C(=O)O)cc1)C(C)(C)C. The minimum absolute atomic E-state index is 0.00207. The maximum Gasteiger partial charge on any atom is 0.326 e. The van der Waals surface area contributed by atoms with E-state index < -0.39 is 215 Å². The summed E-state index contributed by atoms with van der Waals surface area (Å²) in [5.41, 5.74) is 0.0380. The van der Waals surface area contributed by atoms with Crippen LogP contribution in [0.3, 0.4) is 0 Å². The number of rotatable bonds is 43. The van der Waals surface area contributed by atoms with Crippen LogP contribution in [0, 0.1) is 0 Å². The zero-order chi connectivity index (χ0) is 77.2. The van der Waals surface area contributed by atoms with Crippen molar-refractivity contribution in [3.8, 4) is 0 Å². The molecule has 0 spiro atoms. The molecule has 8 amide bonds. The van der Waals surface area contributed by atoms with Crippen molar-refractivity contribution in [3.05, 3.63) is 29.8 Å². The first kappa shape index (κ1) is 88.6. The zero-order valence-corrected chi connectivity index (χ0v) is 59.1. The van der Waals surface area contributed by atoms with Gasteiger partial charge in [0.05, 0.1) is 19.6 Å². The molecule has 39 heteroatoms. The number of urea groups is 1. The van der Waals surface area contributed by atoms with Crippen LogP contribution in [0.5, 0.6) is 0 Å². The number of aliphatic carboxylic acids is 9. The van der Waals surface area contributed by atoms with Gasteiger partial charge in [0.2, 0.25) is 29.5 Å². The molecule has 0 aliphatic carbocycles. The lowest BCUT2D eigenvalue weighted by Gasteiger charge is -2.44. The molecule has 2 rings (SSSR count). The summed E-state index contributed by atoms with van der Waals surface area (Å²) in [7, 11) is -3.77. The fourth-order valence-corrected chi connectivity index (χ4v) is 16.0. The molecule has 6 atom stereocenters. The van der Waals surface area contributed by atoms with Gasteiger partial charge in [0.25, 0.3) is 14.3 Å². The van der Waals surface area contributed by atoms with Crippen LogP contribution in [0.15, 0.2) is 24.3 Å². The summed E-state index contributed by atoms with van der Waals surface area (Å²) >= 11 is 0. The van der Waals surface area contributed by atoms with Crippen LogP contribution in [0.25, 0.3) is 0 Å². The minimum atomic E-state index is -3.77. The lowest BCUT2D eigenvalue weighted by atomic mass is 10.1. The molecular formula is C63H99FN12O25Si. The van der Waals surface area contributed by atoms with Crippen LogP contribution in [0.1, 0.15) is 135 Å². The number of carbonyl (C=O) groups is 16. The Morgan fingerprint density at radius 3 is 1.21 bits per heavy atom. The van der Waals surface area contributed by atoms with Crippen molar-refractivity contribution >= 4 is 109 Å². The number of hydrogen-bond donors (Lipinski definition) is 17. The van der Waals surface area contributed by atoms with Gasteiger partial charge in [-0.05, 0) is 78.8 Å². The summed E-state index contributed by atoms with van der Waals surface area (Å²) in [5.74, 6) is -17.5. The van der Waals surface area contributed by atoms with Crippen LogP contribution >= 0.6 is 0 Å². The Labute approximate surface area is 588 Å². The van der Waals surface area contributed by atoms with E-state index in [2.05, 4.69) is 31.9 Å². The summed E-state index contributed by atoms with van der Waals surface area (Å²) in [6.45, 7) is 8.44. The highest BCUT2D eigenvalue weighted by molar-refractivity contribution is 6.90. The smallest absolute Gasteiger partial charge is 0.326 e. The van der Waals surface area contributed by atoms with Gasteiger partial charge < -0.3 is 92.6 Å². The van der Waals surface area contributed by atoms with E-state index in [-0.39, 0.29) is 116 Å². The molecule has 0 aromatic heterocycles. The third-order valence-electron chi connectivity index (χ3n) is 16.6. The Hall–Kier alpha value is -9.47. The number of carboxylic acid groups (broad SMARTS) is 9. The summed E-state index contributed by atoms with van der Waals surface area (Å²) in [4.78, 5) is 205. The molecule has 0 bridgehead atoms. The molecule has 102 heavy (non-hydrogen) atoms. The van der Waals surface area contributed by atoms with Crippen molar-refractivity contribution in [2.45, 2.75) is 171 Å². The number of amides is 8. The first-order valence-electron chi connectivity index (χ1n) is 33.0. The number of nitrogens with one attached hydrogen (secondary N) is 8. The second kappa shape index (κ2) is 43.4. The van der Waals surface area contributed by atoms with E-state index in [1.807, 2.05) is 10.6 Å². The minimum Gasteiger partial charge on any atom is -0.481 e. The van der Waals surface area contributed by atoms with Gasteiger partial charge in [-0.15, -0.1) is 0 Å². The number of unbranched alkanes of at least 4 members (excludes halogenated alkanes) is 1. The second-order valence-corrected chi connectivity index (χ2v) is 31.5. The average molecular weight is 1470 g/mol. The van der Waals surface area contributed by atoms with Crippen molar-refractivity contribution in [3.63, 3.8) is 0 Å². The van der Waals surface area contributed by atoms with Crippen LogP contribution in [-0.2, 0) is 67.1 Å². The maximum absolute atomic E-state index is 17.1. The number of carbonyl (C=O) groups excluding carboxylic acids is 7. The molecular weight excluding hydrogens is 1370 g/mol. The van der Waals surface area contributed by atoms with Crippen molar-refractivity contribution in [1.82, 2.24) is 62.1 Å². The maximum atomic E-state index is 17.1. The Morgan fingerprint density at radius 1 is 0.412 bits per heavy atom. The predicted molar refractivity (Wildman–Crippen MR) is 359 cm³/mol. The molecule has 17 N–H and O–H groups in total. The largest absolute Gasteiger partial charge is 0.481 e. The lowest BCUT2D eigenvalue weighted by Crippen LogP contribution is -2.58. The summed E-state index contributed by atoms with van der Waals surface area (Å²) in [5, 5.41) is 104. The Kier molecular flexibility index (Phi) is 37.7. The molecule has 1 aliphatic rings. The molecule has 1 aromatic rings. The van der Waals surface area contributed by atoms with Gasteiger partial charge in [0.15, 0.2) is 0 Å². The van der Waals surface area contributed by atoms with Crippen molar-refractivity contribution in [2.24, 2.45) is 0 Å². The highest BCUT2D eigenvalue weighted by atomic mass is 28.4. The van der Waals surface area contributed by atoms with Gasteiger partial charge in [-0.2, -0.15) is 0 Å². The van der Waals surface area contributed by atoms with Gasteiger partial charge in [0, 0.05) is 110 Å². The average Bonchev–Trinajstić information content (AvgIpc) is 0.748. The van der Waals surface area contributed by atoms with Crippen molar-refractivity contribution in [2.75, 3.05) is 91.6 Å². The summed E-state index contributed by atoms with van der Waals surface area (Å²) < 4.78 is 17.1. The number of halogens is 1. The quantitative estimate of drug-likeness (QED) is 0.0197. The van der Waals surface area contributed by atoms with Gasteiger partial charge in [0.1, 0.15) is 36.3 Å². The van der Waals surface area contributed by atoms with Crippen LogP contribution in [0.2, 0.25) is 10.1 Å². The molecule has 0 unspecified atom stereocenters. The van der Waals surface area contributed by atoms with Gasteiger partial charge in [-0.1, -0.05) is 53.7 Å². The van der Waals surface area contributed by atoms with Crippen LogP contribution in [-0.4, -0.2) is 297 Å². The monoisotopic (exact) mass is 1470 g/mol. The Bertz CT molecular complexity index is 3050.